The highest BCUT2D eigenvalue weighted by Crippen LogP contribution is 2.32. The van der Waals surface area contributed by atoms with Gasteiger partial charge in [0.25, 0.3) is 0 Å². The summed E-state index contributed by atoms with van der Waals surface area (Å²) < 4.78 is 43.8. The highest BCUT2D eigenvalue weighted by Gasteiger charge is 2.19. The molecule has 1 N–H and O–H groups in total. The third-order valence-electron chi connectivity index (χ3n) is 3.50. The SMILES string of the molecule is CCOc1cccc(CNS(=O)(=O)c2ccc3c(c2)OCCO3)c1. The molecule has 0 spiro atoms. The van der Waals surface area contributed by atoms with Gasteiger partial charge in [-0.15, -0.1) is 0 Å². The van der Waals surface area contributed by atoms with Gasteiger partial charge in [-0.3, -0.25) is 0 Å². The van der Waals surface area contributed by atoms with Crippen LogP contribution in [0.25, 0.3) is 0 Å². The van der Waals surface area contributed by atoms with Crippen molar-refractivity contribution in [3.05, 3.63) is 48.0 Å². The standard InChI is InChI=1S/C17H19NO5S/c1-2-21-14-5-3-4-13(10-14)12-18-24(19,20)15-6-7-16-17(11-15)23-9-8-22-16/h3-7,10-11,18H,2,8-9,12H2,1H3. The Morgan fingerprint density at radius 1 is 1.08 bits per heavy atom. The molecule has 2 aromatic carbocycles. The monoisotopic (exact) mass is 349 g/mol. The van der Waals surface area contributed by atoms with Gasteiger partial charge in [0.15, 0.2) is 11.5 Å². The van der Waals surface area contributed by atoms with Crippen LogP contribution in [-0.2, 0) is 16.6 Å². The molecule has 0 radical (unpaired) electrons. The number of hydrogen-bond acceptors (Lipinski definition) is 5. The van der Waals surface area contributed by atoms with Gasteiger partial charge in [-0.1, -0.05) is 12.1 Å². The first kappa shape index (κ1) is 16.6. The average molecular weight is 349 g/mol. The van der Waals surface area contributed by atoms with E-state index >= 15 is 0 Å². The van der Waals surface area contributed by atoms with Crippen LogP contribution in [0, 0.1) is 0 Å². The summed E-state index contributed by atoms with van der Waals surface area (Å²) in [5, 5.41) is 0. The molecule has 7 heteroatoms. The van der Waals surface area contributed by atoms with Crippen LogP contribution in [0.1, 0.15) is 12.5 Å². The summed E-state index contributed by atoms with van der Waals surface area (Å²) in [5.41, 5.74) is 0.821. The van der Waals surface area contributed by atoms with E-state index in [4.69, 9.17) is 14.2 Å². The molecule has 6 nitrogen and oxygen atoms in total. The molecule has 0 unspecified atom stereocenters. The zero-order chi connectivity index (χ0) is 17.0. The van der Waals surface area contributed by atoms with Crippen molar-refractivity contribution in [3.8, 4) is 17.2 Å². The molecule has 0 saturated heterocycles. The quantitative estimate of drug-likeness (QED) is 0.866. The average Bonchev–Trinajstić information content (AvgIpc) is 2.60. The highest BCUT2D eigenvalue weighted by molar-refractivity contribution is 7.89. The third kappa shape index (κ3) is 3.80. The topological polar surface area (TPSA) is 73.9 Å². The Morgan fingerprint density at radius 3 is 2.67 bits per heavy atom. The summed E-state index contributed by atoms with van der Waals surface area (Å²) in [6.07, 6.45) is 0. The van der Waals surface area contributed by atoms with E-state index in [1.807, 2.05) is 31.2 Å². The van der Waals surface area contributed by atoms with Crippen molar-refractivity contribution in [3.63, 3.8) is 0 Å². The lowest BCUT2D eigenvalue weighted by Gasteiger charge is -2.19. The lowest BCUT2D eigenvalue weighted by molar-refractivity contribution is 0.171. The summed E-state index contributed by atoms with van der Waals surface area (Å²) in [4.78, 5) is 0.146. The summed E-state index contributed by atoms with van der Waals surface area (Å²) in [5.74, 6) is 1.72. The molecule has 1 heterocycles. The van der Waals surface area contributed by atoms with Crippen LogP contribution in [0.15, 0.2) is 47.4 Å². The minimum absolute atomic E-state index is 0.146. The van der Waals surface area contributed by atoms with Crippen molar-refractivity contribution in [1.82, 2.24) is 4.72 Å². The van der Waals surface area contributed by atoms with Gasteiger partial charge in [-0.2, -0.15) is 0 Å². The van der Waals surface area contributed by atoms with Crippen LogP contribution in [0.5, 0.6) is 17.2 Å². The summed E-state index contributed by atoms with van der Waals surface area (Å²) >= 11 is 0. The molecule has 24 heavy (non-hydrogen) atoms. The van der Waals surface area contributed by atoms with E-state index in [0.29, 0.717) is 37.1 Å². The molecule has 0 amide bonds. The second-order valence-corrected chi connectivity index (χ2v) is 6.98. The molecule has 0 saturated carbocycles. The Morgan fingerprint density at radius 2 is 1.88 bits per heavy atom. The molecule has 2 aromatic rings. The minimum Gasteiger partial charge on any atom is -0.494 e. The maximum Gasteiger partial charge on any atom is 0.241 e. The van der Waals surface area contributed by atoms with Gasteiger partial charge in [0.05, 0.1) is 11.5 Å². The number of hydrogen-bond donors (Lipinski definition) is 1. The minimum atomic E-state index is -3.64. The summed E-state index contributed by atoms with van der Waals surface area (Å²) in [7, 11) is -3.64. The molecule has 128 valence electrons. The number of ether oxygens (including phenoxy) is 3. The van der Waals surface area contributed by atoms with Gasteiger partial charge in [0, 0.05) is 12.6 Å². The molecule has 1 aliphatic rings. The fourth-order valence-corrected chi connectivity index (χ4v) is 3.40. The fourth-order valence-electron chi connectivity index (χ4n) is 2.36. The molecule has 0 aromatic heterocycles. The van der Waals surface area contributed by atoms with E-state index in [9.17, 15) is 8.42 Å². The molecular formula is C17H19NO5S. The Balaban J connectivity index is 1.73. The number of sulfonamides is 1. The Bertz CT molecular complexity index is 819. The molecule has 0 atom stereocenters. The molecule has 0 aliphatic carbocycles. The van der Waals surface area contributed by atoms with Gasteiger partial charge < -0.3 is 14.2 Å². The van der Waals surface area contributed by atoms with Crippen molar-refractivity contribution in [2.24, 2.45) is 0 Å². The number of benzene rings is 2. The van der Waals surface area contributed by atoms with E-state index in [2.05, 4.69) is 4.72 Å². The number of fused-ring (bicyclic) bond motifs is 1. The Kier molecular flexibility index (Phi) is 4.92. The van der Waals surface area contributed by atoms with Crippen LogP contribution in [0.2, 0.25) is 0 Å². The van der Waals surface area contributed by atoms with E-state index in [0.717, 1.165) is 5.56 Å². The number of rotatable bonds is 6. The van der Waals surface area contributed by atoms with Crippen molar-refractivity contribution in [2.45, 2.75) is 18.4 Å². The predicted molar refractivity (Wildman–Crippen MR) is 89.1 cm³/mol. The van der Waals surface area contributed by atoms with Crippen LogP contribution >= 0.6 is 0 Å². The van der Waals surface area contributed by atoms with Gasteiger partial charge in [-0.25, -0.2) is 13.1 Å². The maximum atomic E-state index is 12.5. The van der Waals surface area contributed by atoms with Crippen molar-refractivity contribution < 1.29 is 22.6 Å². The fraction of sp³-hybridized carbons (Fsp3) is 0.294. The van der Waals surface area contributed by atoms with E-state index in [1.54, 1.807) is 6.07 Å². The highest BCUT2D eigenvalue weighted by atomic mass is 32.2. The molecule has 0 bridgehead atoms. The predicted octanol–water partition coefficient (Wildman–Crippen LogP) is 2.33. The second kappa shape index (κ2) is 7.11. The summed E-state index contributed by atoms with van der Waals surface area (Å²) in [6.45, 7) is 3.52. The zero-order valence-electron chi connectivity index (χ0n) is 13.3. The van der Waals surface area contributed by atoms with Crippen molar-refractivity contribution >= 4 is 10.0 Å². The zero-order valence-corrected chi connectivity index (χ0v) is 14.1. The van der Waals surface area contributed by atoms with Gasteiger partial charge in [-0.05, 0) is 36.8 Å². The maximum absolute atomic E-state index is 12.5. The van der Waals surface area contributed by atoms with Crippen LogP contribution in [-0.4, -0.2) is 28.2 Å². The molecule has 3 rings (SSSR count). The molecule has 0 fully saturated rings. The first-order valence-electron chi connectivity index (χ1n) is 7.69. The van der Waals surface area contributed by atoms with Gasteiger partial charge in [0.1, 0.15) is 19.0 Å². The lowest BCUT2D eigenvalue weighted by atomic mass is 10.2. The van der Waals surface area contributed by atoms with Gasteiger partial charge >= 0.3 is 0 Å². The van der Waals surface area contributed by atoms with E-state index < -0.39 is 10.0 Å². The second-order valence-electron chi connectivity index (χ2n) is 5.21. The largest absolute Gasteiger partial charge is 0.494 e. The first-order chi connectivity index (χ1) is 11.6. The van der Waals surface area contributed by atoms with Crippen LogP contribution < -0.4 is 18.9 Å². The normalized spacial score (nSPS) is 13.5. The smallest absolute Gasteiger partial charge is 0.241 e. The Labute approximate surface area is 141 Å². The lowest BCUT2D eigenvalue weighted by Crippen LogP contribution is -2.24. The van der Waals surface area contributed by atoms with Gasteiger partial charge in [0.2, 0.25) is 10.0 Å². The molecule has 1 aliphatic heterocycles. The first-order valence-corrected chi connectivity index (χ1v) is 9.18. The number of nitrogens with one attached hydrogen (secondary N) is 1. The van der Waals surface area contributed by atoms with E-state index in [-0.39, 0.29) is 11.4 Å². The molecular weight excluding hydrogens is 330 g/mol. The van der Waals surface area contributed by atoms with E-state index in [1.165, 1.54) is 12.1 Å². The summed E-state index contributed by atoms with van der Waals surface area (Å²) in [6, 6.07) is 11.9. The van der Waals surface area contributed by atoms with Crippen molar-refractivity contribution in [2.75, 3.05) is 19.8 Å². The van der Waals surface area contributed by atoms with Crippen molar-refractivity contribution in [1.29, 1.82) is 0 Å². The van der Waals surface area contributed by atoms with Crippen LogP contribution in [0.4, 0.5) is 0 Å². The van der Waals surface area contributed by atoms with Crippen LogP contribution in [0.3, 0.4) is 0 Å². The Hall–Kier alpha value is -2.25. The third-order valence-corrected chi connectivity index (χ3v) is 4.90.